The molecule has 6 atom stereocenters. The smallest absolute Gasteiger partial charge is 0.417 e. The van der Waals surface area contributed by atoms with E-state index in [0.29, 0.717) is 0 Å². The van der Waals surface area contributed by atoms with Crippen LogP contribution in [0.25, 0.3) is 0 Å². The molecule has 0 saturated carbocycles. The quantitative estimate of drug-likeness (QED) is 0.120. The van der Waals surface area contributed by atoms with Crippen molar-refractivity contribution in [3.8, 4) is 0 Å². The summed E-state index contributed by atoms with van der Waals surface area (Å²) in [5.41, 5.74) is -1.93. The zero-order chi connectivity index (χ0) is 39.0. The molecule has 2 saturated heterocycles. The fourth-order valence-corrected chi connectivity index (χ4v) is 7.20. The van der Waals surface area contributed by atoms with Crippen molar-refractivity contribution in [1.29, 1.82) is 0 Å². The zero-order valence-corrected chi connectivity index (χ0v) is 34.5. The van der Waals surface area contributed by atoms with Gasteiger partial charge in [0.1, 0.15) is 41.7 Å². The molecule has 290 valence electrons. The van der Waals surface area contributed by atoms with Gasteiger partial charge in [-0.3, -0.25) is 18.7 Å². The summed E-state index contributed by atoms with van der Waals surface area (Å²) in [6.45, 7) is 25.2. The Morgan fingerprint density at radius 1 is 0.900 bits per heavy atom. The van der Waals surface area contributed by atoms with E-state index in [1.165, 1.54) is 18.7 Å². The van der Waals surface area contributed by atoms with Gasteiger partial charge in [-0.15, -0.1) is 0 Å². The van der Waals surface area contributed by atoms with Crippen LogP contribution in [0, 0.1) is 0 Å². The Kier molecular flexibility index (Phi) is 13.5. The highest BCUT2D eigenvalue weighted by molar-refractivity contribution is 7.86. The summed E-state index contributed by atoms with van der Waals surface area (Å²) in [5.74, 6) is -2.57. The summed E-state index contributed by atoms with van der Waals surface area (Å²) in [6, 6.07) is -2.23. The summed E-state index contributed by atoms with van der Waals surface area (Å²) in [6.07, 6.45) is -5.48. The molecule has 0 radical (unpaired) electrons. The van der Waals surface area contributed by atoms with Crippen LogP contribution in [0.2, 0.25) is 18.1 Å². The third-order valence-corrected chi connectivity index (χ3v) is 13.6. The Balaban J connectivity index is 2.75. The number of hydrogen-bond donors (Lipinski definition) is 0. The molecule has 0 aromatic carbocycles. The van der Waals surface area contributed by atoms with E-state index < -0.39 is 96.0 Å². The molecule has 0 aromatic rings. The zero-order valence-electron chi connectivity index (χ0n) is 32.7. The molecular formula is C33H60N2O13SSi. The Morgan fingerprint density at radius 2 is 1.42 bits per heavy atom. The molecule has 2 aliphatic heterocycles. The van der Waals surface area contributed by atoms with Crippen LogP contribution in [0.4, 0.5) is 9.59 Å². The first-order chi connectivity index (χ1) is 22.2. The van der Waals surface area contributed by atoms with E-state index in [9.17, 15) is 27.6 Å². The number of ether oxygens (including phenoxy) is 5. The Bertz CT molecular complexity index is 1360. The fraction of sp³-hybridized carbons (Fsp3) is 0.879. The van der Waals surface area contributed by atoms with Gasteiger partial charge in [0.15, 0.2) is 14.1 Å². The monoisotopic (exact) mass is 752 g/mol. The van der Waals surface area contributed by atoms with E-state index in [2.05, 4.69) is 0 Å². The van der Waals surface area contributed by atoms with Crippen LogP contribution in [0.3, 0.4) is 0 Å². The largest absolute Gasteiger partial charge is 0.460 e. The van der Waals surface area contributed by atoms with E-state index in [-0.39, 0.29) is 24.6 Å². The number of nitrogens with zero attached hydrogens (tertiary/aromatic N) is 2. The first-order valence-electron chi connectivity index (χ1n) is 16.8. The minimum absolute atomic E-state index is 0.155. The number of carbonyl (C=O) groups excluding carboxylic acids is 4. The lowest BCUT2D eigenvalue weighted by Gasteiger charge is -2.40. The maximum absolute atomic E-state index is 14.2. The summed E-state index contributed by atoms with van der Waals surface area (Å²) >= 11 is 0. The molecule has 17 heteroatoms. The standard InChI is InChI=1S/C33H60N2O13SSi/c1-20(36)34(28(38)46-30(3,4)5)18-23-26-27(45-33(12,13)44-26)25(35(23)29(39)47-31(6,7)8)24(43-21(2)37)17-22(48-49(14,40)41)19-42-50(15,16)32(9,10)11/h22-27H,17-19H2,1-16H3/t22-,23-,24+,25-,26-,27+/m0/s1. The SMILES string of the molecule is CC(=O)O[C@H](C[C@@H](CO[Si](C)(C)C(C)(C)C)OS(C)(=O)=O)[C@H]1[C@H]2OC(C)(C)O[C@H]2[C@H](CN(C(C)=O)C(=O)OC(C)(C)C)N1C(=O)OC(C)(C)C. The van der Waals surface area contributed by atoms with E-state index in [0.717, 1.165) is 11.2 Å². The fourth-order valence-electron chi connectivity index (χ4n) is 5.54. The van der Waals surface area contributed by atoms with Gasteiger partial charge in [-0.25, -0.2) is 14.5 Å². The summed E-state index contributed by atoms with van der Waals surface area (Å²) in [5, 5.41) is -0.214. The van der Waals surface area contributed by atoms with Crippen molar-refractivity contribution in [1.82, 2.24) is 9.80 Å². The highest BCUT2D eigenvalue weighted by Crippen LogP contribution is 2.44. The summed E-state index contributed by atoms with van der Waals surface area (Å²) < 4.78 is 66.7. The number of fused-ring (bicyclic) bond motifs is 1. The van der Waals surface area contributed by atoms with Crippen LogP contribution in [0.1, 0.15) is 96.4 Å². The maximum atomic E-state index is 14.2. The molecule has 0 bridgehead atoms. The van der Waals surface area contributed by atoms with Gasteiger partial charge in [-0.1, -0.05) is 20.8 Å². The van der Waals surface area contributed by atoms with Crippen molar-refractivity contribution in [3.05, 3.63) is 0 Å². The van der Waals surface area contributed by atoms with E-state index in [1.807, 2.05) is 33.9 Å². The molecule has 3 amide bonds. The minimum Gasteiger partial charge on any atom is -0.460 e. The average Bonchev–Trinajstić information content (AvgIpc) is 3.31. The lowest BCUT2D eigenvalue weighted by atomic mass is 9.98. The van der Waals surface area contributed by atoms with Crippen LogP contribution in [0.15, 0.2) is 0 Å². The predicted molar refractivity (Wildman–Crippen MR) is 186 cm³/mol. The molecule has 0 unspecified atom stereocenters. The Hall–Kier alpha value is -2.31. The summed E-state index contributed by atoms with van der Waals surface area (Å²) in [4.78, 5) is 55.2. The summed E-state index contributed by atoms with van der Waals surface area (Å²) in [7, 11) is -6.45. The molecule has 2 heterocycles. The molecule has 50 heavy (non-hydrogen) atoms. The number of imide groups is 1. The average molecular weight is 753 g/mol. The van der Waals surface area contributed by atoms with E-state index in [1.54, 1.807) is 55.4 Å². The van der Waals surface area contributed by atoms with Crippen LogP contribution < -0.4 is 0 Å². The number of carbonyl (C=O) groups is 4. The predicted octanol–water partition coefficient (Wildman–Crippen LogP) is 4.97. The molecule has 0 aliphatic carbocycles. The normalized spacial score (nSPS) is 23.9. The number of amides is 3. The van der Waals surface area contributed by atoms with Gasteiger partial charge in [-0.05, 0) is 73.5 Å². The van der Waals surface area contributed by atoms with Crippen LogP contribution in [-0.2, 0) is 52.0 Å². The van der Waals surface area contributed by atoms with Gasteiger partial charge >= 0.3 is 18.2 Å². The number of esters is 1. The topological polar surface area (TPSA) is 174 Å². The van der Waals surface area contributed by atoms with Gasteiger partial charge in [0, 0.05) is 20.3 Å². The third-order valence-electron chi connectivity index (χ3n) is 8.47. The van der Waals surface area contributed by atoms with E-state index in [4.69, 9.17) is 32.3 Å². The van der Waals surface area contributed by atoms with Gasteiger partial charge < -0.3 is 28.1 Å². The second-order valence-corrected chi connectivity index (χ2v) is 23.4. The molecular weight excluding hydrogens is 693 g/mol. The third kappa shape index (κ3) is 12.4. The molecule has 2 rings (SSSR count). The Labute approximate surface area is 299 Å². The second kappa shape index (κ2) is 15.3. The lowest BCUT2D eigenvalue weighted by Crippen LogP contribution is -2.57. The van der Waals surface area contributed by atoms with Gasteiger partial charge in [-0.2, -0.15) is 8.42 Å². The number of likely N-dealkylation sites (tertiary alicyclic amines) is 1. The van der Waals surface area contributed by atoms with Crippen molar-refractivity contribution in [2.45, 2.75) is 168 Å². The first-order valence-corrected chi connectivity index (χ1v) is 21.5. The molecule has 2 aliphatic rings. The van der Waals surface area contributed by atoms with Crippen molar-refractivity contribution in [3.63, 3.8) is 0 Å². The van der Waals surface area contributed by atoms with Crippen LogP contribution in [0.5, 0.6) is 0 Å². The van der Waals surface area contributed by atoms with Crippen molar-refractivity contribution in [2.75, 3.05) is 19.4 Å². The van der Waals surface area contributed by atoms with Crippen molar-refractivity contribution in [2.24, 2.45) is 0 Å². The molecule has 2 fully saturated rings. The molecule has 0 spiro atoms. The first kappa shape index (κ1) is 43.8. The maximum Gasteiger partial charge on any atom is 0.417 e. The van der Waals surface area contributed by atoms with Crippen molar-refractivity contribution < 1.29 is 59.9 Å². The minimum atomic E-state index is -4.04. The number of hydrogen-bond acceptors (Lipinski definition) is 13. The molecule has 0 aromatic heterocycles. The lowest BCUT2D eigenvalue weighted by molar-refractivity contribution is -0.179. The highest BCUT2D eigenvalue weighted by Gasteiger charge is 2.63. The van der Waals surface area contributed by atoms with Gasteiger partial charge in [0.25, 0.3) is 10.1 Å². The molecule has 15 nitrogen and oxygen atoms in total. The van der Waals surface area contributed by atoms with Gasteiger partial charge in [0.2, 0.25) is 5.91 Å². The van der Waals surface area contributed by atoms with Crippen LogP contribution >= 0.6 is 0 Å². The van der Waals surface area contributed by atoms with Crippen LogP contribution in [-0.4, -0.2) is 123 Å². The second-order valence-electron chi connectivity index (χ2n) is 17.0. The van der Waals surface area contributed by atoms with Gasteiger partial charge in [0.05, 0.1) is 25.4 Å². The van der Waals surface area contributed by atoms with Crippen molar-refractivity contribution >= 4 is 42.5 Å². The van der Waals surface area contributed by atoms with E-state index >= 15 is 0 Å². The Morgan fingerprint density at radius 3 is 1.86 bits per heavy atom. The molecule has 0 N–H and O–H groups in total. The number of rotatable bonds is 11. The highest BCUT2D eigenvalue weighted by atomic mass is 32.2.